The first-order chi connectivity index (χ1) is 14.5. The second-order valence-corrected chi connectivity index (χ2v) is 8.04. The lowest BCUT2D eigenvalue weighted by molar-refractivity contribution is -0.140. The van der Waals surface area contributed by atoms with Crippen molar-refractivity contribution in [2.24, 2.45) is 0 Å². The fourth-order valence-corrected chi connectivity index (χ4v) is 4.35. The Labute approximate surface area is 179 Å². The highest BCUT2D eigenvalue weighted by molar-refractivity contribution is 6.46. The maximum Gasteiger partial charge on any atom is 0.295 e. The lowest BCUT2D eigenvalue weighted by Crippen LogP contribution is -2.37. The molecule has 2 aliphatic rings. The Morgan fingerprint density at radius 1 is 1.07 bits per heavy atom. The number of aliphatic hydroxyl groups excluding tert-OH is 1. The summed E-state index contributed by atoms with van der Waals surface area (Å²) in [6.45, 7) is 2.96. The topological polar surface area (TPSA) is 60.9 Å². The third-order valence-electron chi connectivity index (χ3n) is 5.68. The number of nitrogens with zero attached hydrogens (tertiary/aromatic N) is 2. The molecule has 2 saturated heterocycles. The predicted octanol–water partition coefficient (Wildman–Crippen LogP) is 4.00. The first kappa shape index (κ1) is 20.6. The van der Waals surface area contributed by atoms with Crippen LogP contribution in [0.4, 0.5) is 4.39 Å². The molecule has 2 aromatic carbocycles. The Hall–Kier alpha value is -2.70. The number of halogens is 2. The number of amides is 1. The van der Waals surface area contributed by atoms with Gasteiger partial charge in [0.25, 0.3) is 11.7 Å². The molecule has 2 fully saturated rings. The minimum absolute atomic E-state index is 0.00435. The molecule has 2 aliphatic heterocycles. The van der Waals surface area contributed by atoms with Gasteiger partial charge in [-0.1, -0.05) is 23.7 Å². The van der Waals surface area contributed by atoms with Gasteiger partial charge in [-0.2, -0.15) is 0 Å². The van der Waals surface area contributed by atoms with Gasteiger partial charge in [-0.3, -0.25) is 9.59 Å². The van der Waals surface area contributed by atoms with Crippen LogP contribution in [-0.4, -0.2) is 52.8 Å². The molecule has 0 bridgehead atoms. The summed E-state index contributed by atoms with van der Waals surface area (Å²) in [6.07, 6.45) is 2.25. The van der Waals surface area contributed by atoms with Crippen LogP contribution in [-0.2, 0) is 9.59 Å². The summed E-state index contributed by atoms with van der Waals surface area (Å²) >= 11 is 6.17. The van der Waals surface area contributed by atoms with Crippen LogP contribution in [0.3, 0.4) is 0 Å². The average molecular weight is 429 g/mol. The lowest BCUT2D eigenvalue weighted by Gasteiger charge is -2.27. The molecule has 5 nitrogen and oxygen atoms in total. The average Bonchev–Trinajstić information content (AvgIpc) is 3.34. The number of aliphatic hydroxyl groups is 1. The molecule has 7 heteroatoms. The molecular formula is C23H22ClFN2O3. The number of rotatable bonds is 5. The van der Waals surface area contributed by atoms with E-state index in [1.165, 1.54) is 29.2 Å². The zero-order valence-corrected chi connectivity index (χ0v) is 17.1. The molecule has 1 unspecified atom stereocenters. The molecule has 2 aromatic rings. The van der Waals surface area contributed by atoms with Gasteiger partial charge in [0.05, 0.1) is 11.6 Å². The number of Topliss-reactive ketones (excluding diaryl/α,β-unsaturated/α-hetero) is 1. The van der Waals surface area contributed by atoms with Gasteiger partial charge in [0.1, 0.15) is 11.6 Å². The van der Waals surface area contributed by atoms with E-state index < -0.39 is 23.5 Å². The van der Waals surface area contributed by atoms with Crippen molar-refractivity contribution in [3.63, 3.8) is 0 Å². The zero-order valence-electron chi connectivity index (χ0n) is 16.4. The molecule has 0 saturated carbocycles. The number of ketones is 1. The molecule has 0 spiro atoms. The van der Waals surface area contributed by atoms with Crippen LogP contribution in [0.15, 0.2) is 54.1 Å². The van der Waals surface area contributed by atoms with Crippen LogP contribution in [0.2, 0.25) is 5.02 Å². The fraction of sp³-hybridized carbons (Fsp3) is 0.304. The Bertz CT molecular complexity index is 1000. The van der Waals surface area contributed by atoms with E-state index in [1.54, 1.807) is 24.3 Å². The van der Waals surface area contributed by atoms with Crippen LogP contribution in [0, 0.1) is 5.82 Å². The Morgan fingerprint density at radius 2 is 1.77 bits per heavy atom. The van der Waals surface area contributed by atoms with E-state index in [-0.39, 0.29) is 16.9 Å². The van der Waals surface area contributed by atoms with Crippen molar-refractivity contribution in [1.29, 1.82) is 0 Å². The quantitative estimate of drug-likeness (QED) is 0.444. The first-order valence-electron chi connectivity index (χ1n) is 9.98. The van der Waals surface area contributed by atoms with Crippen molar-refractivity contribution in [1.82, 2.24) is 9.80 Å². The van der Waals surface area contributed by atoms with Gasteiger partial charge >= 0.3 is 0 Å². The van der Waals surface area contributed by atoms with Crippen LogP contribution < -0.4 is 0 Å². The maximum absolute atomic E-state index is 13.3. The molecular weight excluding hydrogens is 407 g/mol. The molecule has 1 atom stereocenters. The van der Waals surface area contributed by atoms with E-state index in [9.17, 15) is 19.1 Å². The SMILES string of the molecule is O=C1C(=O)N(CCN2CCCC2)C(c2cccc(Cl)c2)/C1=C(\O)c1ccc(F)cc1. The summed E-state index contributed by atoms with van der Waals surface area (Å²) in [7, 11) is 0. The van der Waals surface area contributed by atoms with Crippen molar-refractivity contribution in [3.05, 3.63) is 76.1 Å². The van der Waals surface area contributed by atoms with E-state index in [0.29, 0.717) is 23.7 Å². The van der Waals surface area contributed by atoms with Crippen LogP contribution in [0.1, 0.15) is 30.0 Å². The maximum atomic E-state index is 13.3. The summed E-state index contributed by atoms with van der Waals surface area (Å²) in [5, 5.41) is 11.4. The molecule has 2 heterocycles. The Morgan fingerprint density at radius 3 is 2.43 bits per heavy atom. The van der Waals surface area contributed by atoms with Gasteiger partial charge in [0, 0.05) is 23.7 Å². The highest BCUT2D eigenvalue weighted by Gasteiger charge is 2.46. The number of carbonyl (C=O) groups excluding carboxylic acids is 2. The monoisotopic (exact) mass is 428 g/mol. The van der Waals surface area contributed by atoms with E-state index >= 15 is 0 Å². The normalized spacial score (nSPS) is 21.5. The van der Waals surface area contributed by atoms with Gasteiger partial charge in [-0.15, -0.1) is 0 Å². The second-order valence-electron chi connectivity index (χ2n) is 7.60. The van der Waals surface area contributed by atoms with Crippen molar-refractivity contribution >= 4 is 29.1 Å². The summed E-state index contributed by atoms with van der Waals surface area (Å²) < 4.78 is 13.3. The molecule has 30 heavy (non-hydrogen) atoms. The predicted molar refractivity (Wildman–Crippen MR) is 113 cm³/mol. The smallest absolute Gasteiger partial charge is 0.295 e. The van der Waals surface area contributed by atoms with Gasteiger partial charge in [-0.25, -0.2) is 4.39 Å². The largest absolute Gasteiger partial charge is 0.507 e. The zero-order chi connectivity index (χ0) is 21.3. The summed E-state index contributed by atoms with van der Waals surface area (Å²) in [5.74, 6) is -2.17. The summed E-state index contributed by atoms with van der Waals surface area (Å²) in [6, 6.07) is 11.4. The standard InChI is InChI=1S/C23H22ClFN2O3/c24-17-5-3-4-16(14-17)20-19(21(28)15-6-8-18(25)9-7-15)22(29)23(30)27(20)13-12-26-10-1-2-11-26/h3-9,14,20,28H,1-2,10-13H2/b21-19+. The number of hydrogen-bond acceptors (Lipinski definition) is 4. The Kier molecular flexibility index (Phi) is 5.88. The van der Waals surface area contributed by atoms with Crippen molar-refractivity contribution in [2.75, 3.05) is 26.2 Å². The van der Waals surface area contributed by atoms with Crippen molar-refractivity contribution < 1.29 is 19.1 Å². The van der Waals surface area contributed by atoms with E-state index in [4.69, 9.17) is 11.6 Å². The van der Waals surface area contributed by atoms with Gasteiger partial charge < -0.3 is 14.9 Å². The highest BCUT2D eigenvalue weighted by atomic mass is 35.5. The number of benzene rings is 2. The number of likely N-dealkylation sites (tertiary alicyclic amines) is 2. The number of carbonyl (C=O) groups is 2. The first-order valence-corrected chi connectivity index (χ1v) is 10.4. The van der Waals surface area contributed by atoms with Crippen LogP contribution in [0.5, 0.6) is 0 Å². The molecule has 1 N–H and O–H groups in total. The minimum atomic E-state index is -0.753. The van der Waals surface area contributed by atoms with E-state index in [1.807, 2.05) is 0 Å². The number of hydrogen-bond donors (Lipinski definition) is 1. The van der Waals surface area contributed by atoms with E-state index in [0.717, 1.165) is 25.9 Å². The molecule has 0 aromatic heterocycles. The van der Waals surface area contributed by atoms with Gasteiger partial charge in [0.15, 0.2) is 0 Å². The van der Waals surface area contributed by atoms with Crippen molar-refractivity contribution in [3.8, 4) is 0 Å². The highest BCUT2D eigenvalue weighted by Crippen LogP contribution is 2.39. The summed E-state index contributed by atoms with van der Waals surface area (Å²) in [4.78, 5) is 29.6. The minimum Gasteiger partial charge on any atom is -0.507 e. The second kappa shape index (κ2) is 8.58. The molecule has 0 aliphatic carbocycles. The fourth-order valence-electron chi connectivity index (χ4n) is 4.15. The molecule has 4 rings (SSSR count). The van der Waals surface area contributed by atoms with Gasteiger partial charge in [-0.05, 0) is 67.9 Å². The molecule has 156 valence electrons. The van der Waals surface area contributed by atoms with E-state index in [2.05, 4.69) is 4.90 Å². The third-order valence-corrected chi connectivity index (χ3v) is 5.91. The van der Waals surface area contributed by atoms with Gasteiger partial charge in [0.2, 0.25) is 0 Å². The molecule has 1 amide bonds. The lowest BCUT2D eigenvalue weighted by atomic mass is 9.95. The van der Waals surface area contributed by atoms with Crippen LogP contribution >= 0.6 is 11.6 Å². The summed E-state index contributed by atoms with van der Waals surface area (Å²) in [5.41, 5.74) is 0.919. The van der Waals surface area contributed by atoms with Crippen LogP contribution in [0.25, 0.3) is 5.76 Å². The third kappa shape index (κ3) is 3.98. The molecule has 0 radical (unpaired) electrons. The van der Waals surface area contributed by atoms with Crippen molar-refractivity contribution in [2.45, 2.75) is 18.9 Å². The Balaban J connectivity index is 1.76.